The average Bonchev–Trinajstić information content (AvgIpc) is 2.72. The highest BCUT2D eigenvalue weighted by Crippen LogP contribution is 2.37. The molecule has 1 saturated heterocycles. The quantitative estimate of drug-likeness (QED) is 0.835. The molecule has 0 aromatic heterocycles. The molecule has 1 N–H and O–H groups in total. The van der Waals surface area contributed by atoms with Gasteiger partial charge < -0.3 is 10.1 Å². The minimum Gasteiger partial charge on any atom is -0.458 e. The Bertz CT molecular complexity index is 455. The van der Waals surface area contributed by atoms with Gasteiger partial charge in [0.1, 0.15) is 5.60 Å². The van der Waals surface area contributed by atoms with E-state index in [4.69, 9.17) is 4.74 Å². The van der Waals surface area contributed by atoms with Crippen molar-refractivity contribution in [2.45, 2.75) is 38.0 Å². The van der Waals surface area contributed by atoms with Crippen LogP contribution in [0.25, 0.3) is 0 Å². The van der Waals surface area contributed by atoms with Gasteiger partial charge in [-0.05, 0) is 26.3 Å². The molecule has 104 valence electrons. The fourth-order valence-corrected chi connectivity index (χ4v) is 2.33. The Morgan fingerprint density at radius 2 is 2.00 bits per heavy atom. The van der Waals surface area contributed by atoms with E-state index in [2.05, 4.69) is 5.32 Å². The topological polar surface area (TPSA) is 38.3 Å². The number of carbonyl (C=O) groups is 1. The minimum atomic E-state index is -1.99. The number of ether oxygens (including phenoxy) is 1. The Morgan fingerprint density at radius 1 is 1.37 bits per heavy atom. The number of esters is 1. The van der Waals surface area contributed by atoms with Crippen LogP contribution in [-0.2, 0) is 9.53 Å². The van der Waals surface area contributed by atoms with Gasteiger partial charge in [-0.15, -0.1) is 0 Å². The van der Waals surface area contributed by atoms with E-state index in [9.17, 15) is 4.79 Å². The fourth-order valence-electron chi connectivity index (χ4n) is 2.33. The van der Waals surface area contributed by atoms with Crippen molar-refractivity contribution in [2.75, 3.05) is 13.1 Å². The van der Waals surface area contributed by atoms with Crippen LogP contribution in [0.15, 0.2) is 30.3 Å². The maximum absolute atomic E-state index is 15.0. The largest absolute Gasteiger partial charge is 0.458 e. The summed E-state index contributed by atoms with van der Waals surface area (Å²) >= 11 is 0. The van der Waals surface area contributed by atoms with Crippen molar-refractivity contribution in [3.8, 4) is 0 Å². The first-order valence-corrected chi connectivity index (χ1v) is 6.51. The number of carbonyl (C=O) groups excluding carboxylic acids is 1. The first-order chi connectivity index (χ1) is 8.83. The molecule has 2 atom stereocenters. The van der Waals surface area contributed by atoms with E-state index >= 15 is 4.39 Å². The molecular weight excluding hydrogens is 245 g/mol. The molecule has 1 aromatic carbocycles. The third kappa shape index (κ3) is 2.95. The summed E-state index contributed by atoms with van der Waals surface area (Å²) in [6.45, 7) is 5.68. The summed E-state index contributed by atoms with van der Waals surface area (Å²) in [7, 11) is 0. The van der Waals surface area contributed by atoms with E-state index in [0.29, 0.717) is 6.54 Å². The Kier molecular flexibility index (Phi) is 3.63. The first kappa shape index (κ1) is 14.0. The summed E-state index contributed by atoms with van der Waals surface area (Å²) in [6.07, 6.45) is 0. The zero-order chi connectivity index (χ0) is 14.1. The van der Waals surface area contributed by atoms with Gasteiger partial charge in [-0.1, -0.05) is 30.3 Å². The van der Waals surface area contributed by atoms with Gasteiger partial charge in [-0.2, -0.15) is 0 Å². The molecule has 0 aliphatic carbocycles. The normalized spacial score (nSPS) is 27.3. The standard InChI is InChI=1S/C15H20FNO2/c1-14(2,3)19-13(18)15(16)10-17-9-12(15)11-7-5-4-6-8-11/h4-8,12,17H,9-10H2,1-3H3. The number of hydrogen-bond acceptors (Lipinski definition) is 3. The highest BCUT2D eigenvalue weighted by molar-refractivity contribution is 5.82. The van der Waals surface area contributed by atoms with E-state index in [0.717, 1.165) is 5.56 Å². The molecule has 0 amide bonds. The van der Waals surface area contributed by atoms with Gasteiger partial charge in [0.15, 0.2) is 0 Å². The molecule has 19 heavy (non-hydrogen) atoms. The maximum Gasteiger partial charge on any atom is 0.346 e. The van der Waals surface area contributed by atoms with Crippen molar-refractivity contribution in [3.05, 3.63) is 35.9 Å². The molecule has 1 aliphatic rings. The van der Waals surface area contributed by atoms with Crippen LogP contribution >= 0.6 is 0 Å². The van der Waals surface area contributed by atoms with Gasteiger partial charge in [0.05, 0.1) is 0 Å². The second kappa shape index (κ2) is 4.93. The van der Waals surface area contributed by atoms with Crippen molar-refractivity contribution in [2.24, 2.45) is 0 Å². The van der Waals surface area contributed by atoms with Crippen LogP contribution in [0.5, 0.6) is 0 Å². The lowest BCUT2D eigenvalue weighted by atomic mass is 9.86. The van der Waals surface area contributed by atoms with Gasteiger partial charge in [-0.25, -0.2) is 9.18 Å². The highest BCUT2D eigenvalue weighted by atomic mass is 19.1. The molecule has 2 unspecified atom stereocenters. The average molecular weight is 265 g/mol. The fraction of sp³-hybridized carbons (Fsp3) is 0.533. The number of nitrogens with one attached hydrogen (secondary N) is 1. The molecule has 0 saturated carbocycles. The smallest absolute Gasteiger partial charge is 0.346 e. The molecule has 0 spiro atoms. The highest BCUT2D eigenvalue weighted by Gasteiger charge is 2.52. The van der Waals surface area contributed by atoms with Crippen LogP contribution in [0.2, 0.25) is 0 Å². The molecule has 1 heterocycles. The van der Waals surface area contributed by atoms with E-state index in [1.807, 2.05) is 30.3 Å². The Hall–Kier alpha value is -1.42. The monoisotopic (exact) mass is 265 g/mol. The van der Waals surface area contributed by atoms with Gasteiger partial charge >= 0.3 is 5.97 Å². The molecule has 4 heteroatoms. The van der Waals surface area contributed by atoms with Crippen molar-refractivity contribution < 1.29 is 13.9 Å². The van der Waals surface area contributed by atoms with E-state index in [-0.39, 0.29) is 6.54 Å². The van der Waals surface area contributed by atoms with Gasteiger partial charge in [0.2, 0.25) is 5.67 Å². The molecular formula is C15H20FNO2. The number of hydrogen-bond donors (Lipinski definition) is 1. The molecule has 0 bridgehead atoms. The first-order valence-electron chi connectivity index (χ1n) is 6.51. The molecule has 3 nitrogen and oxygen atoms in total. The van der Waals surface area contributed by atoms with Gasteiger partial charge in [-0.3, -0.25) is 0 Å². The lowest BCUT2D eigenvalue weighted by Gasteiger charge is -2.29. The predicted octanol–water partition coefficient (Wildman–Crippen LogP) is 2.42. The minimum absolute atomic E-state index is 0.00146. The second-order valence-electron chi connectivity index (χ2n) is 5.96. The van der Waals surface area contributed by atoms with Crippen LogP contribution in [0, 0.1) is 0 Å². The van der Waals surface area contributed by atoms with E-state index in [1.165, 1.54) is 0 Å². The van der Waals surface area contributed by atoms with Gasteiger partial charge in [0.25, 0.3) is 0 Å². The number of halogens is 1. The summed E-state index contributed by atoms with van der Waals surface area (Å²) in [5, 5.41) is 2.95. The van der Waals surface area contributed by atoms with Gasteiger partial charge in [0, 0.05) is 19.0 Å². The van der Waals surface area contributed by atoms with Crippen LogP contribution in [0.3, 0.4) is 0 Å². The van der Waals surface area contributed by atoms with Crippen LogP contribution in [0.4, 0.5) is 4.39 Å². The number of alkyl halides is 1. The second-order valence-corrected chi connectivity index (χ2v) is 5.96. The molecule has 1 fully saturated rings. The molecule has 1 aromatic rings. The van der Waals surface area contributed by atoms with Crippen LogP contribution in [-0.4, -0.2) is 30.3 Å². The number of benzene rings is 1. The maximum atomic E-state index is 15.0. The third-order valence-electron chi connectivity index (χ3n) is 3.22. The number of rotatable bonds is 2. The van der Waals surface area contributed by atoms with E-state index < -0.39 is 23.2 Å². The summed E-state index contributed by atoms with van der Waals surface area (Å²) in [5.74, 6) is -1.28. The summed E-state index contributed by atoms with van der Waals surface area (Å²) in [4.78, 5) is 12.1. The predicted molar refractivity (Wildman–Crippen MR) is 71.7 cm³/mol. The van der Waals surface area contributed by atoms with Crippen molar-refractivity contribution in [1.82, 2.24) is 5.32 Å². The molecule has 2 rings (SSSR count). The van der Waals surface area contributed by atoms with Crippen LogP contribution < -0.4 is 5.32 Å². The Morgan fingerprint density at radius 3 is 2.58 bits per heavy atom. The molecule has 0 radical (unpaired) electrons. The zero-order valence-electron chi connectivity index (χ0n) is 11.6. The third-order valence-corrected chi connectivity index (χ3v) is 3.22. The Balaban J connectivity index is 2.24. The van der Waals surface area contributed by atoms with Crippen LogP contribution in [0.1, 0.15) is 32.3 Å². The van der Waals surface area contributed by atoms with Crippen molar-refractivity contribution in [3.63, 3.8) is 0 Å². The molecule has 1 aliphatic heterocycles. The lowest BCUT2D eigenvalue weighted by molar-refractivity contribution is -0.169. The van der Waals surface area contributed by atoms with E-state index in [1.54, 1.807) is 20.8 Å². The summed E-state index contributed by atoms with van der Waals surface area (Å²) in [6, 6.07) is 9.26. The summed E-state index contributed by atoms with van der Waals surface area (Å²) in [5.41, 5.74) is -1.85. The van der Waals surface area contributed by atoms with Crippen molar-refractivity contribution >= 4 is 5.97 Å². The summed E-state index contributed by atoms with van der Waals surface area (Å²) < 4.78 is 20.3. The lowest BCUT2D eigenvalue weighted by Crippen LogP contribution is -2.45. The SMILES string of the molecule is CC(C)(C)OC(=O)C1(F)CNCC1c1ccccc1. The zero-order valence-corrected chi connectivity index (χ0v) is 11.6. The van der Waals surface area contributed by atoms with Crippen molar-refractivity contribution in [1.29, 1.82) is 0 Å². The Labute approximate surface area is 113 Å².